The number of ether oxygens (including phenoxy) is 1. The van der Waals surface area contributed by atoms with Crippen molar-refractivity contribution in [3.63, 3.8) is 0 Å². The molecule has 5 heteroatoms. The van der Waals surface area contributed by atoms with Crippen molar-refractivity contribution in [2.45, 2.75) is 18.6 Å². The monoisotopic (exact) mass is 268 g/mol. The molecule has 0 bridgehead atoms. The Hall–Kier alpha value is -1.36. The van der Waals surface area contributed by atoms with Crippen molar-refractivity contribution < 1.29 is 9.53 Å². The third-order valence-corrected chi connectivity index (χ3v) is 3.42. The fourth-order valence-corrected chi connectivity index (χ4v) is 1.55. The molecule has 1 rings (SSSR count). The third-order valence-electron chi connectivity index (χ3n) is 2.45. The van der Waals surface area contributed by atoms with Crippen LogP contribution in [0.2, 0.25) is 0 Å². The van der Waals surface area contributed by atoms with Crippen molar-refractivity contribution in [3.8, 4) is 5.75 Å². The Labute approximate surface area is 112 Å². The van der Waals surface area contributed by atoms with E-state index in [1.807, 2.05) is 18.4 Å². The van der Waals surface area contributed by atoms with Gasteiger partial charge in [0, 0.05) is 23.5 Å². The lowest BCUT2D eigenvalue weighted by molar-refractivity contribution is -0.121. The number of carbonyl (C=O) groups excluding carboxylic acids is 1. The van der Waals surface area contributed by atoms with Gasteiger partial charge in [0.05, 0.1) is 13.0 Å². The van der Waals surface area contributed by atoms with E-state index in [1.54, 1.807) is 23.9 Å². The molecule has 1 unspecified atom stereocenters. The van der Waals surface area contributed by atoms with Gasteiger partial charge in [-0.3, -0.25) is 4.79 Å². The molecule has 100 valence electrons. The van der Waals surface area contributed by atoms with Crippen LogP contribution in [0.3, 0.4) is 0 Å². The highest BCUT2D eigenvalue weighted by Crippen LogP contribution is 2.14. The van der Waals surface area contributed by atoms with E-state index in [2.05, 4.69) is 12.2 Å². The van der Waals surface area contributed by atoms with Gasteiger partial charge in [-0.25, -0.2) is 0 Å². The van der Waals surface area contributed by atoms with Crippen LogP contribution in [-0.4, -0.2) is 30.6 Å². The van der Waals surface area contributed by atoms with Crippen LogP contribution in [0.25, 0.3) is 0 Å². The maximum atomic E-state index is 11.5. The normalized spacial score (nSPS) is 11.9. The van der Waals surface area contributed by atoms with E-state index in [0.717, 1.165) is 0 Å². The van der Waals surface area contributed by atoms with Crippen molar-refractivity contribution >= 4 is 23.4 Å². The van der Waals surface area contributed by atoms with E-state index in [4.69, 9.17) is 10.5 Å². The van der Waals surface area contributed by atoms with E-state index in [0.29, 0.717) is 36.3 Å². The van der Waals surface area contributed by atoms with Gasteiger partial charge in [0.1, 0.15) is 5.75 Å². The Balaban J connectivity index is 2.19. The van der Waals surface area contributed by atoms with Crippen LogP contribution in [0.1, 0.15) is 13.3 Å². The maximum Gasteiger partial charge on any atom is 0.223 e. The quantitative estimate of drug-likeness (QED) is 0.741. The number of carbonyl (C=O) groups is 1. The number of nitrogens with one attached hydrogen (secondary N) is 1. The summed E-state index contributed by atoms with van der Waals surface area (Å²) in [6, 6.07) is 7.19. The van der Waals surface area contributed by atoms with Crippen LogP contribution in [-0.2, 0) is 4.79 Å². The fraction of sp³-hybridized carbons (Fsp3) is 0.462. The molecule has 0 aliphatic carbocycles. The van der Waals surface area contributed by atoms with Gasteiger partial charge in [-0.2, -0.15) is 11.8 Å². The predicted octanol–water partition coefficient (Wildman–Crippen LogP) is 1.91. The van der Waals surface area contributed by atoms with Gasteiger partial charge >= 0.3 is 0 Å². The SMILES string of the molecule is CSC(C)CNC(=O)CCOc1cccc(N)c1. The Bertz CT molecular complexity index is 385. The van der Waals surface area contributed by atoms with Gasteiger partial charge in [-0.15, -0.1) is 0 Å². The summed E-state index contributed by atoms with van der Waals surface area (Å²) < 4.78 is 5.44. The number of hydrogen-bond acceptors (Lipinski definition) is 4. The summed E-state index contributed by atoms with van der Waals surface area (Å²) in [6.07, 6.45) is 2.38. The Morgan fingerprint density at radius 1 is 1.56 bits per heavy atom. The smallest absolute Gasteiger partial charge is 0.223 e. The van der Waals surface area contributed by atoms with Gasteiger partial charge in [0.15, 0.2) is 0 Å². The number of anilines is 1. The molecule has 1 aromatic carbocycles. The first kappa shape index (κ1) is 14.7. The topological polar surface area (TPSA) is 64.3 Å². The van der Waals surface area contributed by atoms with Crippen molar-refractivity contribution in [1.82, 2.24) is 5.32 Å². The zero-order valence-electron chi connectivity index (χ0n) is 10.8. The summed E-state index contributed by atoms with van der Waals surface area (Å²) in [5.74, 6) is 0.708. The standard InChI is InChI=1S/C13H20N2O2S/c1-10(18-2)9-15-13(16)6-7-17-12-5-3-4-11(14)8-12/h3-5,8,10H,6-7,9,14H2,1-2H3,(H,15,16). The van der Waals surface area contributed by atoms with E-state index < -0.39 is 0 Å². The number of rotatable bonds is 7. The molecule has 0 aromatic heterocycles. The minimum atomic E-state index is 0.0137. The molecule has 0 aliphatic rings. The van der Waals surface area contributed by atoms with Crippen LogP contribution in [0.5, 0.6) is 5.75 Å². The third kappa shape index (κ3) is 5.82. The highest BCUT2D eigenvalue weighted by molar-refractivity contribution is 7.99. The molecule has 0 saturated carbocycles. The van der Waals surface area contributed by atoms with Crippen LogP contribution in [0, 0.1) is 0 Å². The number of nitrogens with two attached hydrogens (primary N) is 1. The number of thioether (sulfide) groups is 1. The van der Waals surface area contributed by atoms with Crippen molar-refractivity contribution in [2.24, 2.45) is 0 Å². The van der Waals surface area contributed by atoms with E-state index in [1.165, 1.54) is 0 Å². The lowest BCUT2D eigenvalue weighted by atomic mass is 10.3. The fourth-order valence-electron chi connectivity index (χ4n) is 1.30. The Morgan fingerprint density at radius 2 is 2.33 bits per heavy atom. The van der Waals surface area contributed by atoms with Gasteiger partial charge < -0.3 is 15.8 Å². The summed E-state index contributed by atoms with van der Waals surface area (Å²) in [5, 5.41) is 3.30. The second-order valence-corrected chi connectivity index (χ2v) is 5.30. The summed E-state index contributed by atoms with van der Waals surface area (Å²) in [7, 11) is 0. The van der Waals surface area contributed by atoms with Crippen LogP contribution in [0.15, 0.2) is 24.3 Å². The second kappa shape index (κ2) is 7.87. The summed E-state index contributed by atoms with van der Waals surface area (Å²) in [6.45, 7) is 3.13. The Morgan fingerprint density at radius 3 is 3.00 bits per heavy atom. The molecule has 4 nitrogen and oxygen atoms in total. The summed E-state index contributed by atoms with van der Waals surface area (Å²) in [4.78, 5) is 11.5. The highest BCUT2D eigenvalue weighted by Gasteiger charge is 2.04. The van der Waals surface area contributed by atoms with Crippen molar-refractivity contribution in [1.29, 1.82) is 0 Å². The second-order valence-electron chi connectivity index (χ2n) is 4.02. The summed E-state index contributed by atoms with van der Waals surface area (Å²) in [5.41, 5.74) is 6.28. The van der Waals surface area contributed by atoms with E-state index in [-0.39, 0.29) is 5.91 Å². The minimum absolute atomic E-state index is 0.0137. The zero-order valence-corrected chi connectivity index (χ0v) is 11.6. The molecule has 1 amide bonds. The number of nitrogen functional groups attached to an aromatic ring is 1. The number of hydrogen-bond donors (Lipinski definition) is 2. The molecular formula is C13H20N2O2S. The molecule has 0 heterocycles. The molecule has 18 heavy (non-hydrogen) atoms. The zero-order chi connectivity index (χ0) is 13.4. The molecule has 0 spiro atoms. The first-order chi connectivity index (χ1) is 8.61. The van der Waals surface area contributed by atoms with Gasteiger partial charge in [0.2, 0.25) is 5.91 Å². The average molecular weight is 268 g/mol. The Kier molecular flexibility index (Phi) is 6.43. The van der Waals surface area contributed by atoms with E-state index >= 15 is 0 Å². The van der Waals surface area contributed by atoms with Gasteiger partial charge in [-0.1, -0.05) is 13.0 Å². The van der Waals surface area contributed by atoms with Crippen LogP contribution < -0.4 is 15.8 Å². The first-order valence-corrected chi connectivity index (χ1v) is 7.18. The van der Waals surface area contributed by atoms with Gasteiger partial charge in [0.25, 0.3) is 0 Å². The number of amides is 1. The molecule has 1 atom stereocenters. The molecule has 0 aliphatic heterocycles. The minimum Gasteiger partial charge on any atom is -0.493 e. The van der Waals surface area contributed by atoms with Crippen LogP contribution in [0.4, 0.5) is 5.69 Å². The van der Waals surface area contributed by atoms with Gasteiger partial charge in [-0.05, 0) is 18.4 Å². The average Bonchev–Trinajstić information content (AvgIpc) is 2.36. The van der Waals surface area contributed by atoms with Crippen LogP contribution >= 0.6 is 11.8 Å². The lowest BCUT2D eigenvalue weighted by Crippen LogP contribution is -2.30. The van der Waals surface area contributed by atoms with Crippen molar-refractivity contribution in [2.75, 3.05) is 25.1 Å². The number of benzene rings is 1. The molecule has 0 fully saturated rings. The molecule has 1 aromatic rings. The lowest BCUT2D eigenvalue weighted by Gasteiger charge is -2.10. The maximum absolute atomic E-state index is 11.5. The van der Waals surface area contributed by atoms with Crippen molar-refractivity contribution in [3.05, 3.63) is 24.3 Å². The molecule has 0 saturated heterocycles. The molecular weight excluding hydrogens is 248 g/mol. The highest BCUT2D eigenvalue weighted by atomic mass is 32.2. The molecule has 0 radical (unpaired) electrons. The first-order valence-electron chi connectivity index (χ1n) is 5.89. The largest absolute Gasteiger partial charge is 0.493 e. The predicted molar refractivity (Wildman–Crippen MR) is 77.0 cm³/mol. The summed E-state index contributed by atoms with van der Waals surface area (Å²) >= 11 is 1.73. The van der Waals surface area contributed by atoms with E-state index in [9.17, 15) is 4.79 Å². The molecule has 3 N–H and O–H groups in total.